The highest BCUT2D eigenvalue weighted by atomic mass is 16.4. The molecule has 0 radical (unpaired) electrons. The summed E-state index contributed by atoms with van der Waals surface area (Å²) in [5, 5.41) is 11.4. The molecule has 0 fully saturated rings. The first-order valence-electron chi connectivity index (χ1n) is 5.54. The van der Waals surface area contributed by atoms with E-state index in [-0.39, 0.29) is 18.4 Å². The zero-order valence-corrected chi connectivity index (χ0v) is 10.3. The number of aliphatic carboxylic acids is 1. The van der Waals surface area contributed by atoms with Crippen molar-refractivity contribution in [3.05, 3.63) is 18.5 Å². The van der Waals surface area contributed by atoms with E-state index in [2.05, 4.69) is 15.3 Å². The molecule has 0 saturated heterocycles. The van der Waals surface area contributed by atoms with Crippen LogP contribution < -0.4 is 5.32 Å². The number of amides is 1. The van der Waals surface area contributed by atoms with E-state index in [4.69, 9.17) is 5.11 Å². The maximum absolute atomic E-state index is 11.6. The Kier molecular flexibility index (Phi) is 5.19. The van der Waals surface area contributed by atoms with Crippen LogP contribution in [0.1, 0.15) is 13.3 Å². The predicted octanol–water partition coefficient (Wildman–Crippen LogP) is 0.210. The summed E-state index contributed by atoms with van der Waals surface area (Å²) in [6, 6.07) is 0.965. The van der Waals surface area contributed by atoms with Crippen molar-refractivity contribution in [2.75, 3.05) is 18.9 Å². The zero-order chi connectivity index (χ0) is 13.5. The van der Waals surface area contributed by atoms with Crippen LogP contribution in [0.3, 0.4) is 0 Å². The number of nitrogens with zero attached hydrogens (tertiary/aromatic N) is 3. The van der Waals surface area contributed by atoms with Crippen LogP contribution in [-0.4, -0.2) is 51.5 Å². The van der Waals surface area contributed by atoms with E-state index >= 15 is 0 Å². The molecule has 0 aromatic carbocycles. The molecule has 0 bridgehead atoms. The Labute approximate surface area is 105 Å². The number of carbonyl (C=O) groups excluding carboxylic acids is 1. The lowest BCUT2D eigenvalue weighted by Gasteiger charge is -2.22. The molecule has 1 amide bonds. The van der Waals surface area contributed by atoms with E-state index in [1.165, 1.54) is 17.3 Å². The minimum atomic E-state index is -0.941. The van der Waals surface area contributed by atoms with E-state index in [0.717, 1.165) is 0 Å². The van der Waals surface area contributed by atoms with Crippen molar-refractivity contribution in [3.63, 3.8) is 0 Å². The van der Waals surface area contributed by atoms with E-state index in [0.29, 0.717) is 6.42 Å². The summed E-state index contributed by atoms with van der Waals surface area (Å²) in [6.45, 7) is 1.73. The van der Waals surface area contributed by atoms with Crippen LogP contribution in [0.5, 0.6) is 0 Å². The largest absolute Gasteiger partial charge is 0.480 e. The summed E-state index contributed by atoms with van der Waals surface area (Å²) in [5.41, 5.74) is 0. The van der Waals surface area contributed by atoms with Crippen LogP contribution in [0.25, 0.3) is 0 Å². The molecule has 1 heterocycles. The fourth-order valence-corrected chi connectivity index (χ4v) is 1.54. The standard InChI is InChI=1S/C11H16N4O3/c1-3-8(10(17)18)15(2)7-9(16)14-11-12-5-4-6-13-11/h4-6,8H,3,7H2,1-2H3,(H,17,18)(H,12,13,14,16). The monoisotopic (exact) mass is 252 g/mol. The molecule has 2 N–H and O–H groups in total. The summed E-state index contributed by atoms with van der Waals surface area (Å²) >= 11 is 0. The van der Waals surface area contributed by atoms with Gasteiger partial charge in [0.2, 0.25) is 11.9 Å². The third-order valence-electron chi connectivity index (χ3n) is 2.41. The highest BCUT2D eigenvalue weighted by molar-refractivity contribution is 5.90. The summed E-state index contributed by atoms with van der Waals surface area (Å²) in [6.07, 6.45) is 3.46. The first-order chi connectivity index (χ1) is 8.54. The molecule has 1 aromatic heterocycles. The maximum Gasteiger partial charge on any atom is 0.320 e. The Bertz CT molecular complexity index is 410. The van der Waals surface area contributed by atoms with Crippen LogP contribution in [0.15, 0.2) is 18.5 Å². The lowest BCUT2D eigenvalue weighted by molar-refractivity contribution is -0.143. The molecule has 1 unspecified atom stereocenters. The number of carboxylic acids is 1. The SMILES string of the molecule is CCC(C(=O)O)N(C)CC(=O)Nc1ncccn1. The number of rotatable bonds is 6. The Hall–Kier alpha value is -2.02. The average Bonchev–Trinajstić information content (AvgIpc) is 2.30. The third-order valence-corrected chi connectivity index (χ3v) is 2.41. The van der Waals surface area contributed by atoms with Gasteiger partial charge in [0.1, 0.15) is 6.04 Å². The van der Waals surface area contributed by atoms with Crippen LogP contribution >= 0.6 is 0 Å². The molecule has 18 heavy (non-hydrogen) atoms. The van der Waals surface area contributed by atoms with Crippen molar-refractivity contribution in [1.82, 2.24) is 14.9 Å². The van der Waals surface area contributed by atoms with Crippen LogP contribution in [0.2, 0.25) is 0 Å². The third kappa shape index (κ3) is 4.10. The maximum atomic E-state index is 11.6. The van der Waals surface area contributed by atoms with Gasteiger partial charge in [-0.3, -0.25) is 19.8 Å². The molecule has 7 nitrogen and oxygen atoms in total. The number of hydrogen-bond acceptors (Lipinski definition) is 5. The molecule has 1 rings (SSSR count). The second-order valence-corrected chi connectivity index (χ2v) is 3.80. The Balaban J connectivity index is 2.52. The Morgan fingerprint density at radius 3 is 2.56 bits per heavy atom. The summed E-state index contributed by atoms with van der Waals surface area (Å²) < 4.78 is 0. The van der Waals surface area contributed by atoms with Crippen LogP contribution in [0.4, 0.5) is 5.95 Å². The first-order valence-corrected chi connectivity index (χ1v) is 5.54. The molecule has 1 atom stereocenters. The molecule has 7 heteroatoms. The second kappa shape index (κ2) is 6.65. The quantitative estimate of drug-likeness (QED) is 0.751. The molecule has 0 aliphatic carbocycles. The fourth-order valence-electron chi connectivity index (χ4n) is 1.54. The van der Waals surface area contributed by atoms with E-state index in [1.807, 2.05) is 0 Å². The lowest BCUT2D eigenvalue weighted by Crippen LogP contribution is -2.42. The smallest absolute Gasteiger partial charge is 0.320 e. The van der Waals surface area contributed by atoms with Gasteiger partial charge >= 0.3 is 5.97 Å². The molecule has 0 saturated carbocycles. The van der Waals surface area contributed by atoms with Crippen LogP contribution in [0, 0.1) is 0 Å². The van der Waals surface area contributed by atoms with Gasteiger partial charge in [-0.05, 0) is 19.5 Å². The van der Waals surface area contributed by atoms with Gasteiger partial charge < -0.3 is 5.11 Å². The molecule has 0 aliphatic rings. The summed E-state index contributed by atoms with van der Waals surface area (Å²) in [5.74, 6) is -1.08. The molecule has 0 spiro atoms. The van der Waals surface area contributed by atoms with Crippen molar-refractivity contribution >= 4 is 17.8 Å². The molecular weight excluding hydrogens is 236 g/mol. The van der Waals surface area contributed by atoms with E-state index in [1.54, 1.807) is 20.0 Å². The zero-order valence-electron chi connectivity index (χ0n) is 10.3. The van der Waals surface area contributed by atoms with Gasteiger partial charge in [0.15, 0.2) is 0 Å². The van der Waals surface area contributed by atoms with Gasteiger partial charge in [-0.15, -0.1) is 0 Å². The topological polar surface area (TPSA) is 95.4 Å². The number of nitrogens with one attached hydrogen (secondary N) is 1. The number of hydrogen-bond donors (Lipinski definition) is 2. The van der Waals surface area contributed by atoms with Crippen LogP contribution in [-0.2, 0) is 9.59 Å². The molecule has 98 valence electrons. The van der Waals surface area contributed by atoms with Crippen molar-refractivity contribution in [3.8, 4) is 0 Å². The van der Waals surface area contributed by atoms with Gasteiger partial charge in [-0.2, -0.15) is 0 Å². The van der Waals surface area contributed by atoms with Crippen molar-refractivity contribution in [2.45, 2.75) is 19.4 Å². The summed E-state index contributed by atoms with van der Waals surface area (Å²) in [7, 11) is 1.59. The van der Waals surface area contributed by atoms with Gasteiger partial charge in [-0.1, -0.05) is 6.92 Å². The summed E-state index contributed by atoms with van der Waals surface area (Å²) in [4.78, 5) is 31.7. The second-order valence-electron chi connectivity index (χ2n) is 3.80. The number of anilines is 1. The Morgan fingerprint density at radius 2 is 2.06 bits per heavy atom. The number of carboxylic acid groups (broad SMARTS) is 1. The minimum absolute atomic E-state index is 0.0247. The fraction of sp³-hybridized carbons (Fsp3) is 0.455. The lowest BCUT2D eigenvalue weighted by atomic mass is 10.2. The normalized spacial score (nSPS) is 12.2. The van der Waals surface area contributed by atoms with Crippen molar-refractivity contribution in [2.24, 2.45) is 0 Å². The number of carbonyl (C=O) groups is 2. The number of aromatic nitrogens is 2. The average molecular weight is 252 g/mol. The van der Waals surface area contributed by atoms with Gasteiger partial charge in [0, 0.05) is 12.4 Å². The highest BCUT2D eigenvalue weighted by Crippen LogP contribution is 2.02. The number of likely N-dealkylation sites (N-methyl/N-ethyl adjacent to an activating group) is 1. The predicted molar refractivity (Wildman–Crippen MR) is 65.0 cm³/mol. The minimum Gasteiger partial charge on any atom is -0.480 e. The first kappa shape index (κ1) is 14.0. The Morgan fingerprint density at radius 1 is 1.44 bits per heavy atom. The van der Waals surface area contributed by atoms with Gasteiger partial charge in [0.05, 0.1) is 6.54 Å². The molecule has 0 aliphatic heterocycles. The van der Waals surface area contributed by atoms with Gasteiger partial charge in [-0.25, -0.2) is 9.97 Å². The van der Waals surface area contributed by atoms with E-state index < -0.39 is 12.0 Å². The van der Waals surface area contributed by atoms with Crippen molar-refractivity contribution in [1.29, 1.82) is 0 Å². The highest BCUT2D eigenvalue weighted by Gasteiger charge is 2.22. The molecule has 1 aromatic rings. The van der Waals surface area contributed by atoms with Crippen molar-refractivity contribution < 1.29 is 14.7 Å². The van der Waals surface area contributed by atoms with Gasteiger partial charge in [0.25, 0.3) is 0 Å². The molecular formula is C11H16N4O3. The van der Waals surface area contributed by atoms with E-state index in [9.17, 15) is 9.59 Å².